The zero-order valence-corrected chi connectivity index (χ0v) is 8.98. The summed E-state index contributed by atoms with van der Waals surface area (Å²) < 4.78 is 4.79. The number of amides is 1. The van der Waals surface area contributed by atoms with E-state index in [1.165, 1.54) is 4.90 Å². The summed E-state index contributed by atoms with van der Waals surface area (Å²) in [5.41, 5.74) is 0. The Kier molecular flexibility index (Phi) is 5.07. The highest BCUT2D eigenvalue weighted by atomic mass is 79.9. The Balaban J connectivity index is 3.40. The van der Waals surface area contributed by atoms with Gasteiger partial charge in [0.05, 0.1) is 0 Å². The van der Waals surface area contributed by atoms with Gasteiger partial charge in [0.25, 0.3) is 0 Å². The number of carbonyl (C=O) groups is 1. The van der Waals surface area contributed by atoms with E-state index in [2.05, 4.69) is 31.9 Å². The van der Waals surface area contributed by atoms with Gasteiger partial charge in [-0.3, -0.25) is 0 Å². The first-order chi connectivity index (χ1) is 4.54. The molecule has 0 rings (SSSR count). The van der Waals surface area contributed by atoms with Crippen LogP contribution in [0.2, 0.25) is 0 Å². The summed E-state index contributed by atoms with van der Waals surface area (Å²) in [6, 6.07) is 0. The molecule has 0 saturated heterocycles. The van der Waals surface area contributed by atoms with Crippen molar-refractivity contribution in [2.24, 2.45) is 0 Å². The molecule has 0 unspecified atom stereocenters. The number of carbonyl (C=O) groups excluding carboxylic acids is 1. The Morgan fingerprint density at radius 3 is 2.40 bits per heavy atom. The van der Waals surface area contributed by atoms with Crippen LogP contribution in [-0.4, -0.2) is 35.4 Å². The van der Waals surface area contributed by atoms with Crippen LogP contribution in [-0.2, 0) is 4.74 Å². The van der Waals surface area contributed by atoms with E-state index in [4.69, 9.17) is 4.74 Å². The zero-order chi connectivity index (χ0) is 8.15. The van der Waals surface area contributed by atoms with Crippen LogP contribution in [0.4, 0.5) is 4.79 Å². The van der Waals surface area contributed by atoms with Crippen molar-refractivity contribution in [3.63, 3.8) is 0 Å². The smallest absolute Gasteiger partial charge is 0.409 e. The topological polar surface area (TPSA) is 29.5 Å². The van der Waals surface area contributed by atoms with E-state index in [1.54, 1.807) is 14.1 Å². The first-order valence-corrected chi connectivity index (χ1v) is 4.49. The second-order valence-corrected chi connectivity index (χ2v) is 5.30. The molecule has 0 saturated carbocycles. The summed E-state index contributed by atoms with van der Waals surface area (Å²) in [5, 5.41) is 0. The van der Waals surface area contributed by atoms with Crippen LogP contribution < -0.4 is 0 Å². The van der Waals surface area contributed by atoms with Crippen LogP contribution >= 0.6 is 31.9 Å². The van der Waals surface area contributed by atoms with E-state index in [1.807, 2.05) is 0 Å². The average molecular weight is 275 g/mol. The minimum absolute atomic E-state index is 0.0314. The summed E-state index contributed by atoms with van der Waals surface area (Å²) in [6.45, 7) is 0.330. The van der Waals surface area contributed by atoms with Crippen LogP contribution in [0.5, 0.6) is 0 Å². The van der Waals surface area contributed by atoms with Crippen LogP contribution in [0.1, 0.15) is 0 Å². The lowest BCUT2D eigenvalue weighted by atomic mass is 10.8. The largest absolute Gasteiger partial charge is 0.447 e. The molecule has 0 N–H and O–H groups in total. The number of hydrogen-bond acceptors (Lipinski definition) is 2. The van der Waals surface area contributed by atoms with Gasteiger partial charge < -0.3 is 9.64 Å². The Morgan fingerprint density at radius 1 is 1.60 bits per heavy atom. The minimum atomic E-state index is -0.330. The molecule has 3 nitrogen and oxygen atoms in total. The van der Waals surface area contributed by atoms with Gasteiger partial charge in [-0.05, 0) is 0 Å². The van der Waals surface area contributed by atoms with Gasteiger partial charge in [-0.1, -0.05) is 31.9 Å². The fraction of sp³-hybridized carbons (Fsp3) is 0.800. The number of ether oxygens (including phenoxy) is 1. The van der Waals surface area contributed by atoms with E-state index >= 15 is 0 Å². The third kappa shape index (κ3) is 5.05. The van der Waals surface area contributed by atoms with E-state index in [0.29, 0.717) is 6.61 Å². The molecule has 0 radical (unpaired) electrons. The van der Waals surface area contributed by atoms with Crippen LogP contribution in [0.25, 0.3) is 0 Å². The van der Waals surface area contributed by atoms with Gasteiger partial charge in [0.2, 0.25) is 0 Å². The third-order valence-electron chi connectivity index (χ3n) is 0.698. The molecule has 0 aliphatic carbocycles. The maximum absolute atomic E-state index is 10.7. The highest BCUT2D eigenvalue weighted by Crippen LogP contribution is 2.07. The first kappa shape index (κ1) is 10.2. The lowest BCUT2D eigenvalue weighted by molar-refractivity contribution is 0.124. The number of halogens is 2. The third-order valence-corrected chi connectivity index (χ3v) is 1.23. The van der Waals surface area contributed by atoms with Gasteiger partial charge in [-0.15, -0.1) is 0 Å². The van der Waals surface area contributed by atoms with Crippen molar-refractivity contribution in [1.82, 2.24) is 4.90 Å². The monoisotopic (exact) mass is 273 g/mol. The lowest BCUT2D eigenvalue weighted by Crippen LogP contribution is -2.24. The number of rotatable bonds is 2. The second kappa shape index (κ2) is 4.96. The summed E-state index contributed by atoms with van der Waals surface area (Å²) in [7, 11) is 3.28. The summed E-state index contributed by atoms with van der Waals surface area (Å²) in [6.07, 6.45) is -0.330. The van der Waals surface area contributed by atoms with Gasteiger partial charge in [0.1, 0.15) is 10.3 Å². The molecule has 1 amide bonds. The minimum Gasteiger partial charge on any atom is -0.447 e. The Bertz CT molecular complexity index is 116. The summed E-state index contributed by atoms with van der Waals surface area (Å²) in [5.74, 6) is 0. The fourth-order valence-corrected chi connectivity index (χ4v) is 0.528. The molecule has 0 fully saturated rings. The van der Waals surface area contributed by atoms with Gasteiger partial charge in [0, 0.05) is 14.1 Å². The molecule has 0 aromatic carbocycles. The van der Waals surface area contributed by atoms with E-state index in [9.17, 15) is 4.79 Å². The van der Waals surface area contributed by atoms with Crippen molar-refractivity contribution >= 4 is 38.0 Å². The van der Waals surface area contributed by atoms with Crippen molar-refractivity contribution in [2.45, 2.75) is 3.74 Å². The number of hydrogen-bond donors (Lipinski definition) is 0. The number of nitrogens with zero attached hydrogens (tertiary/aromatic N) is 1. The zero-order valence-electron chi connectivity index (χ0n) is 5.80. The van der Waals surface area contributed by atoms with E-state index in [0.717, 1.165) is 0 Å². The molecule has 0 aromatic heterocycles. The Hall–Kier alpha value is 0.230. The highest BCUT2D eigenvalue weighted by Gasteiger charge is 2.06. The van der Waals surface area contributed by atoms with Crippen LogP contribution in [0, 0.1) is 0 Å². The van der Waals surface area contributed by atoms with Crippen molar-refractivity contribution in [3.8, 4) is 0 Å². The van der Waals surface area contributed by atoms with Crippen molar-refractivity contribution in [1.29, 1.82) is 0 Å². The first-order valence-electron chi connectivity index (χ1n) is 2.66. The Labute approximate surface area is 77.0 Å². The van der Waals surface area contributed by atoms with Gasteiger partial charge >= 0.3 is 6.09 Å². The van der Waals surface area contributed by atoms with E-state index in [-0.39, 0.29) is 9.83 Å². The quantitative estimate of drug-likeness (QED) is 0.719. The normalized spacial score (nSPS) is 9.70. The van der Waals surface area contributed by atoms with Gasteiger partial charge in [-0.2, -0.15) is 0 Å². The van der Waals surface area contributed by atoms with Crippen LogP contribution in [0.15, 0.2) is 0 Å². The molecular formula is C5H9Br2NO2. The van der Waals surface area contributed by atoms with Crippen molar-refractivity contribution in [3.05, 3.63) is 0 Å². The van der Waals surface area contributed by atoms with Gasteiger partial charge in [-0.25, -0.2) is 4.79 Å². The molecule has 0 bridgehead atoms. The van der Waals surface area contributed by atoms with E-state index < -0.39 is 0 Å². The Morgan fingerprint density at radius 2 is 2.10 bits per heavy atom. The fourth-order valence-electron chi connectivity index (χ4n) is 0.263. The molecule has 5 heteroatoms. The average Bonchev–Trinajstić information content (AvgIpc) is 1.82. The maximum atomic E-state index is 10.7. The summed E-state index contributed by atoms with van der Waals surface area (Å²) >= 11 is 6.35. The molecule has 0 heterocycles. The SMILES string of the molecule is CN(C)C(=O)OCC(Br)Br. The predicted octanol–water partition coefficient (Wildman–Crippen LogP) is 1.80. The maximum Gasteiger partial charge on any atom is 0.409 e. The molecule has 0 aliphatic rings. The molecular weight excluding hydrogens is 266 g/mol. The second-order valence-electron chi connectivity index (χ2n) is 1.86. The molecule has 0 spiro atoms. The van der Waals surface area contributed by atoms with Crippen molar-refractivity contribution < 1.29 is 9.53 Å². The predicted molar refractivity (Wildman–Crippen MR) is 46.7 cm³/mol. The van der Waals surface area contributed by atoms with Crippen molar-refractivity contribution in [2.75, 3.05) is 20.7 Å². The summed E-state index contributed by atoms with van der Waals surface area (Å²) in [4.78, 5) is 12.1. The molecule has 0 atom stereocenters. The highest BCUT2D eigenvalue weighted by molar-refractivity contribution is 9.24. The number of alkyl halides is 2. The standard InChI is InChI=1S/C5H9Br2NO2/c1-8(2)5(9)10-3-4(6)7/h4H,3H2,1-2H3. The molecule has 10 heavy (non-hydrogen) atoms. The molecule has 0 aliphatic heterocycles. The lowest BCUT2D eigenvalue weighted by Gasteiger charge is -2.10. The molecule has 60 valence electrons. The van der Waals surface area contributed by atoms with Gasteiger partial charge in [0.15, 0.2) is 0 Å². The van der Waals surface area contributed by atoms with Crippen LogP contribution in [0.3, 0.4) is 0 Å². The molecule has 0 aromatic rings.